The predicted molar refractivity (Wildman–Crippen MR) is 87.7 cm³/mol. The molecule has 0 bridgehead atoms. The number of amides is 2. The second kappa shape index (κ2) is 7.07. The summed E-state index contributed by atoms with van der Waals surface area (Å²) < 4.78 is 0. The van der Waals surface area contributed by atoms with Gasteiger partial charge in [-0.05, 0) is 29.7 Å². The Hall–Kier alpha value is -2.66. The lowest BCUT2D eigenvalue weighted by molar-refractivity contribution is -0.133. The van der Waals surface area contributed by atoms with Crippen LogP contribution in [0.25, 0.3) is 0 Å². The highest BCUT2D eigenvalue weighted by molar-refractivity contribution is 5.95. The van der Waals surface area contributed by atoms with Crippen LogP contribution in [0.2, 0.25) is 0 Å². The first-order valence-electron chi connectivity index (χ1n) is 7.46. The molecule has 5 nitrogen and oxygen atoms in total. The molecule has 0 aliphatic carbocycles. The number of hydrogen-bond acceptors (Lipinski definition) is 3. The molecule has 0 fully saturated rings. The van der Waals surface area contributed by atoms with Crippen molar-refractivity contribution in [3.8, 4) is 0 Å². The monoisotopic (exact) mass is 312 g/mol. The summed E-state index contributed by atoms with van der Waals surface area (Å²) in [5.41, 5.74) is 4.46. The highest BCUT2D eigenvalue weighted by Gasteiger charge is 2.38. The van der Waals surface area contributed by atoms with Crippen LogP contribution in [0.15, 0.2) is 54.6 Å². The van der Waals surface area contributed by atoms with Crippen LogP contribution in [0.1, 0.15) is 34.8 Å². The summed E-state index contributed by atoms with van der Waals surface area (Å²) >= 11 is 0. The van der Waals surface area contributed by atoms with Gasteiger partial charge in [0.25, 0.3) is 11.8 Å². The zero-order chi connectivity index (χ0) is 16.9. The van der Waals surface area contributed by atoms with Crippen LogP contribution in [0.4, 0.5) is 0 Å². The summed E-state index contributed by atoms with van der Waals surface area (Å²) in [5, 5.41) is 13.7. The van der Waals surface area contributed by atoms with E-state index in [9.17, 15) is 14.7 Å². The van der Waals surface area contributed by atoms with Gasteiger partial charge in [0.15, 0.2) is 5.60 Å². The van der Waals surface area contributed by atoms with E-state index in [1.54, 1.807) is 48.5 Å². The first-order valence-corrected chi connectivity index (χ1v) is 7.46. The van der Waals surface area contributed by atoms with Gasteiger partial charge in [-0.15, -0.1) is 0 Å². The molecule has 0 heterocycles. The minimum absolute atomic E-state index is 0.256. The maximum atomic E-state index is 12.1. The van der Waals surface area contributed by atoms with Crippen LogP contribution >= 0.6 is 0 Å². The maximum absolute atomic E-state index is 12.1. The molecule has 0 saturated carbocycles. The SMILES string of the molecule is CCCNC(=O)c1cccc(C(O)(C(N)=O)c2ccccc2)c1. The normalized spacial score (nSPS) is 13.1. The second-order valence-corrected chi connectivity index (χ2v) is 5.28. The van der Waals surface area contributed by atoms with Gasteiger partial charge in [0.05, 0.1) is 0 Å². The Morgan fingerprint density at radius 1 is 1.09 bits per heavy atom. The van der Waals surface area contributed by atoms with Crippen molar-refractivity contribution in [2.45, 2.75) is 18.9 Å². The Balaban J connectivity index is 2.46. The third kappa shape index (κ3) is 3.40. The minimum atomic E-state index is -1.98. The fraction of sp³-hybridized carbons (Fsp3) is 0.222. The van der Waals surface area contributed by atoms with Crippen molar-refractivity contribution in [2.24, 2.45) is 5.73 Å². The molecule has 1 atom stereocenters. The Labute approximate surface area is 135 Å². The van der Waals surface area contributed by atoms with E-state index in [0.717, 1.165) is 6.42 Å². The average Bonchev–Trinajstić information content (AvgIpc) is 2.59. The van der Waals surface area contributed by atoms with Crippen LogP contribution in [0.3, 0.4) is 0 Å². The number of carbonyl (C=O) groups is 2. The molecule has 2 aromatic rings. The van der Waals surface area contributed by atoms with Crippen LogP contribution in [0.5, 0.6) is 0 Å². The Morgan fingerprint density at radius 3 is 2.35 bits per heavy atom. The number of nitrogens with two attached hydrogens (primary N) is 1. The molecular formula is C18H20N2O3. The third-order valence-corrected chi connectivity index (χ3v) is 3.63. The van der Waals surface area contributed by atoms with Crippen molar-refractivity contribution in [2.75, 3.05) is 6.54 Å². The molecule has 0 aliphatic rings. The summed E-state index contributed by atoms with van der Waals surface area (Å²) in [6.45, 7) is 2.51. The molecule has 2 rings (SSSR count). The van der Waals surface area contributed by atoms with Gasteiger partial charge in [0.2, 0.25) is 0 Å². The van der Waals surface area contributed by atoms with Crippen LogP contribution in [-0.2, 0) is 10.4 Å². The number of primary amides is 1. The largest absolute Gasteiger partial charge is 0.372 e. The standard InChI is InChI=1S/C18H20N2O3/c1-2-11-20-16(21)13-7-6-10-15(12-13)18(23,17(19)22)14-8-4-3-5-9-14/h3-10,12,23H,2,11H2,1H3,(H2,19,22)(H,20,21). The van der Waals surface area contributed by atoms with E-state index >= 15 is 0 Å². The fourth-order valence-electron chi connectivity index (χ4n) is 2.36. The summed E-state index contributed by atoms with van der Waals surface area (Å²) in [6.07, 6.45) is 0.820. The Bertz CT molecular complexity index is 700. The molecular weight excluding hydrogens is 292 g/mol. The Kier molecular flexibility index (Phi) is 5.13. The zero-order valence-corrected chi connectivity index (χ0v) is 13.0. The maximum Gasteiger partial charge on any atom is 0.258 e. The van der Waals surface area contributed by atoms with Gasteiger partial charge in [0, 0.05) is 12.1 Å². The summed E-state index contributed by atoms with van der Waals surface area (Å²) in [5.74, 6) is -1.15. The molecule has 0 spiro atoms. The molecule has 5 heteroatoms. The van der Waals surface area contributed by atoms with Gasteiger partial charge >= 0.3 is 0 Å². The average molecular weight is 312 g/mol. The van der Waals surface area contributed by atoms with E-state index in [1.807, 2.05) is 6.92 Å². The molecule has 23 heavy (non-hydrogen) atoms. The molecule has 1 unspecified atom stereocenters. The van der Waals surface area contributed by atoms with E-state index in [4.69, 9.17) is 5.73 Å². The minimum Gasteiger partial charge on any atom is -0.372 e. The Morgan fingerprint density at radius 2 is 1.74 bits per heavy atom. The topological polar surface area (TPSA) is 92.4 Å². The molecule has 2 amide bonds. The van der Waals surface area contributed by atoms with E-state index in [1.165, 1.54) is 6.07 Å². The predicted octanol–water partition coefficient (Wildman–Crippen LogP) is 1.55. The highest BCUT2D eigenvalue weighted by Crippen LogP contribution is 2.29. The highest BCUT2D eigenvalue weighted by atomic mass is 16.3. The van der Waals surface area contributed by atoms with E-state index < -0.39 is 11.5 Å². The lowest BCUT2D eigenvalue weighted by Crippen LogP contribution is -2.42. The van der Waals surface area contributed by atoms with Crippen molar-refractivity contribution in [3.63, 3.8) is 0 Å². The first kappa shape index (κ1) is 16.7. The number of benzene rings is 2. The van der Waals surface area contributed by atoms with Gasteiger partial charge in [0.1, 0.15) is 0 Å². The number of rotatable bonds is 6. The molecule has 2 aromatic carbocycles. The smallest absolute Gasteiger partial charge is 0.258 e. The van der Waals surface area contributed by atoms with Gasteiger partial charge in [-0.2, -0.15) is 0 Å². The van der Waals surface area contributed by atoms with Gasteiger partial charge < -0.3 is 16.2 Å². The molecule has 0 radical (unpaired) electrons. The zero-order valence-electron chi connectivity index (χ0n) is 13.0. The molecule has 0 aliphatic heterocycles. The second-order valence-electron chi connectivity index (χ2n) is 5.28. The lowest BCUT2D eigenvalue weighted by atomic mass is 9.85. The molecule has 120 valence electrons. The van der Waals surface area contributed by atoms with Crippen LogP contribution in [0, 0.1) is 0 Å². The summed E-state index contributed by atoms with van der Waals surface area (Å²) in [4.78, 5) is 24.0. The third-order valence-electron chi connectivity index (χ3n) is 3.63. The quantitative estimate of drug-likeness (QED) is 0.755. The lowest BCUT2D eigenvalue weighted by Gasteiger charge is -2.26. The molecule has 0 saturated heterocycles. The number of nitrogens with one attached hydrogen (secondary N) is 1. The number of aliphatic hydroxyl groups is 1. The van der Waals surface area contributed by atoms with Gasteiger partial charge in [-0.25, -0.2) is 0 Å². The van der Waals surface area contributed by atoms with Crippen molar-refractivity contribution in [1.82, 2.24) is 5.32 Å². The number of hydrogen-bond donors (Lipinski definition) is 3. The van der Waals surface area contributed by atoms with E-state index in [2.05, 4.69) is 5.32 Å². The van der Waals surface area contributed by atoms with Crippen molar-refractivity contribution in [1.29, 1.82) is 0 Å². The van der Waals surface area contributed by atoms with Crippen molar-refractivity contribution >= 4 is 11.8 Å². The molecule has 4 N–H and O–H groups in total. The summed E-state index contributed by atoms with van der Waals surface area (Å²) in [6, 6.07) is 14.7. The van der Waals surface area contributed by atoms with Crippen molar-refractivity contribution in [3.05, 3.63) is 71.3 Å². The summed E-state index contributed by atoms with van der Waals surface area (Å²) in [7, 11) is 0. The van der Waals surface area contributed by atoms with Crippen LogP contribution in [-0.4, -0.2) is 23.5 Å². The number of carbonyl (C=O) groups excluding carboxylic acids is 2. The van der Waals surface area contributed by atoms with Crippen molar-refractivity contribution < 1.29 is 14.7 Å². The first-order chi connectivity index (χ1) is 11.0. The van der Waals surface area contributed by atoms with E-state index in [0.29, 0.717) is 17.7 Å². The van der Waals surface area contributed by atoms with Crippen LogP contribution < -0.4 is 11.1 Å². The fourth-order valence-corrected chi connectivity index (χ4v) is 2.36. The van der Waals surface area contributed by atoms with Gasteiger partial charge in [-0.1, -0.05) is 49.4 Å². The molecule has 0 aromatic heterocycles. The van der Waals surface area contributed by atoms with E-state index in [-0.39, 0.29) is 11.5 Å². The van der Waals surface area contributed by atoms with Gasteiger partial charge in [-0.3, -0.25) is 9.59 Å².